The fraction of sp³-hybridized carbons (Fsp3) is 0.667. The highest BCUT2D eigenvalue weighted by Gasteiger charge is 2.29. The van der Waals surface area contributed by atoms with Gasteiger partial charge >= 0.3 is 5.97 Å². The van der Waals surface area contributed by atoms with Crippen LogP contribution in [0.1, 0.15) is 68.6 Å². The first kappa shape index (κ1) is 15.5. The SMILES string of the molecule is CC(C)(C)CCC(NC(=O)c1cc(C2CC2)no1)C(=O)O. The van der Waals surface area contributed by atoms with Gasteiger partial charge in [-0.25, -0.2) is 4.79 Å². The standard InChI is InChI=1S/C15H22N2O4/c1-15(2,3)7-6-10(14(19)20)16-13(18)12-8-11(17-21-12)9-4-5-9/h8-10H,4-7H2,1-3H3,(H,16,18)(H,19,20). The van der Waals surface area contributed by atoms with Gasteiger partial charge in [0.15, 0.2) is 0 Å². The summed E-state index contributed by atoms with van der Waals surface area (Å²) >= 11 is 0. The molecule has 1 aliphatic carbocycles. The molecular formula is C15H22N2O4. The van der Waals surface area contributed by atoms with Crippen LogP contribution in [-0.2, 0) is 4.79 Å². The molecule has 0 spiro atoms. The molecule has 0 bridgehead atoms. The molecule has 1 amide bonds. The molecule has 1 aliphatic rings. The summed E-state index contributed by atoms with van der Waals surface area (Å²) in [5.41, 5.74) is 0.797. The second kappa shape index (κ2) is 5.87. The van der Waals surface area contributed by atoms with Gasteiger partial charge in [0, 0.05) is 12.0 Å². The number of aliphatic carboxylic acids is 1. The zero-order valence-electron chi connectivity index (χ0n) is 12.7. The molecule has 6 heteroatoms. The highest BCUT2D eigenvalue weighted by Crippen LogP contribution is 2.39. The van der Waals surface area contributed by atoms with Crippen LogP contribution in [0.3, 0.4) is 0 Å². The maximum absolute atomic E-state index is 12.0. The Kier molecular flexibility index (Phi) is 4.34. The minimum atomic E-state index is -1.03. The van der Waals surface area contributed by atoms with Crippen molar-refractivity contribution in [1.82, 2.24) is 10.5 Å². The van der Waals surface area contributed by atoms with Crippen molar-refractivity contribution in [2.45, 2.75) is 58.4 Å². The van der Waals surface area contributed by atoms with E-state index in [0.717, 1.165) is 18.5 Å². The van der Waals surface area contributed by atoms with Crippen molar-refractivity contribution in [3.8, 4) is 0 Å². The third-order valence-electron chi connectivity index (χ3n) is 3.53. The van der Waals surface area contributed by atoms with Gasteiger partial charge in [-0.3, -0.25) is 4.79 Å². The summed E-state index contributed by atoms with van der Waals surface area (Å²) in [6.45, 7) is 6.10. The average molecular weight is 294 g/mol. The largest absolute Gasteiger partial charge is 0.480 e. The first-order valence-electron chi connectivity index (χ1n) is 7.26. The number of nitrogens with one attached hydrogen (secondary N) is 1. The number of carbonyl (C=O) groups excluding carboxylic acids is 1. The number of carboxylic acid groups (broad SMARTS) is 1. The monoisotopic (exact) mass is 294 g/mol. The number of amides is 1. The van der Waals surface area contributed by atoms with Gasteiger partial charge in [-0.2, -0.15) is 0 Å². The number of aromatic nitrogens is 1. The molecule has 0 aliphatic heterocycles. The zero-order valence-corrected chi connectivity index (χ0v) is 12.7. The summed E-state index contributed by atoms with van der Waals surface area (Å²) in [6.07, 6.45) is 3.22. The number of nitrogens with zero attached hydrogens (tertiary/aromatic N) is 1. The van der Waals surface area contributed by atoms with Crippen molar-refractivity contribution in [3.05, 3.63) is 17.5 Å². The molecule has 1 unspecified atom stereocenters. The fourth-order valence-electron chi connectivity index (χ4n) is 2.03. The summed E-state index contributed by atoms with van der Waals surface area (Å²) < 4.78 is 5.00. The lowest BCUT2D eigenvalue weighted by atomic mass is 9.88. The fourth-order valence-corrected chi connectivity index (χ4v) is 2.03. The Bertz CT molecular complexity index is 526. The summed E-state index contributed by atoms with van der Waals surface area (Å²) in [5, 5.41) is 15.6. The van der Waals surface area contributed by atoms with Gasteiger partial charge in [0.1, 0.15) is 6.04 Å². The first-order chi connectivity index (χ1) is 9.76. The van der Waals surface area contributed by atoms with Crippen LogP contribution in [-0.4, -0.2) is 28.2 Å². The van der Waals surface area contributed by atoms with Crippen LogP contribution in [0, 0.1) is 5.41 Å². The molecule has 6 nitrogen and oxygen atoms in total. The van der Waals surface area contributed by atoms with Crippen LogP contribution in [0.5, 0.6) is 0 Å². The summed E-state index contributed by atoms with van der Waals surface area (Å²) in [6, 6.07) is 0.696. The van der Waals surface area contributed by atoms with Crippen LogP contribution in [0.4, 0.5) is 0 Å². The van der Waals surface area contributed by atoms with Crippen molar-refractivity contribution in [3.63, 3.8) is 0 Å². The third kappa shape index (κ3) is 4.58. The third-order valence-corrected chi connectivity index (χ3v) is 3.53. The Balaban J connectivity index is 1.94. The van der Waals surface area contributed by atoms with E-state index in [0.29, 0.717) is 18.8 Å². The topological polar surface area (TPSA) is 92.4 Å². The van der Waals surface area contributed by atoms with Gasteiger partial charge in [-0.05, 0) is 31.1 Å². The Labute approximate surface area is 123 Å². The molecule has 1 fully saturated rings. The van der Waals surface area contributed by atoms with Crippen molar-refractivity contribution in [1.29, 1.82) is 0 Å². The Morgan fingerprint density at radius 2 is 2.14 bits per heavy atom. The van der Waals surface area contributed by atoms with Crippen LogP contribution >= 0.6 is 0 Å². The molecule has 1 heterocycles. The number of carboxylic acids is 1. The summed E-state index contributed by atoms with van der Waals surface area (Å²) in [7, 11) is 0. The molecule has 116 valence electrons. The van der Waals surface area contributed by atoms with Crippen LogP contribution < -0.4 is 5.32 Å². The quantitative estimate of drug-likeness (QED) is 0.841. The molecule has 21 heavy (non-hydrogen) atoms. The molecular weight excluding hydrogens is 272 g/mol. The Morgan fingerprint density at radius 1 is 1.48 bits per heavy atom. The van der Waals surface area contributed by atoms with Gasteiger partial charge in [0.2, 0.25) is 5.76 Å². The van der Waals surface area contributed by atoms with Crippen LogP contribution in [0.2, 0.25) is 0 Å². The van der Waals surface area contributed by atoms with E-state index in [1.54, 1.807) is 6.07 Å². The van der Waals surface area contributed by atoms with Crippen molar-refractivity contribution < 1.29 is 19.2 Å². The lowest BCUT2D eigenvalue weighted by molar-refractivity contribution is -0.139. The predicted molar refractivity (Wildman–Crippen MR) is 76.1 cm³/mol. The van der Waals surface area contributed by atoms with E-state index >= 15 is 0 Å². The molecule has 0 saturated heterocycles. The lowest BCUT2D eigenvalue weighted by Gasteiger charge is -2.21. The summed E-state index contributed by atoms with van der Waals surface area (Å²) in [4.78, 5) is 23.3. The molecule has 1 atom stereocenters. The Hall–Kier alpha value is -1.85. The highest BCUT2D eigenvalue weighted by molar-refractivity contribution is 5.94. The van der Waals surface area contributed by atoms with E-state index in [9.17, 15) is 14.7 Å². The molecule has 0 aromatic carbocycles. The number of carbonyl (C=O) groups is 2. The normalized spacial score (nSPS) is 16.5. The van der Waals surface area contributed by atoms with Gasteiger partial charge in [-0.1, -0.05) is 25.9 Å². The lowest BCUT2D eigenvalue weighted by Crippen LogP contribution is -2.41. The van der Waals surface area contributed by atoms with Crippen LogP contribution in [0.15, 0.2) is 10.6 Å². The van der Waals surface area contributed by atoms with E-state index in [1.165, 1.54) is 0 Å². The molecule has 1 aromatic heterocycles. The summed E-state index contributed by atoms with van der Waals surface area (Å²) in [5.74, 6) is -1.07. The van der Waals surface area contributed by atoms with E-state index in [4.69, 9.17) is 4.52 Å². The number of hydrogen-bond donors (Lipinski definition) is 2. The minimum absolute atomic E-state index is 0.0177. The van der Waals surface area contributed by atoms with E-state index in [1.807, 2.05) is 20.8 Å². The van der Waals surface area contributed by atoms with Crippen molar-refractivity contribution in [2.24, 2.45) is 5.41 Å². The molecule has 2 rings (SSSR count). The van der Waals surface area contributed by atoms with E-state index in [-0.39, 0.29) is 11.2 Å². The van der Waals surface area contributed by atoms with Gasteiger partial charge < -0.3 is 14.9 Å². The van der Waals surface area contributed by atoms with Gasteiger partial charge in [0.25, 0.3) is 5.91 Å². The number of rotatable bonds is 6. The molecule has 1 saturated carbocycles. The van der Waals surface area contributed by atoms with Crippen molar-refractivity contribution in [2.75, 3.05) is 0 Å². The smallest absolute Gasteiger partial charge is 0.326 e. The second-order valence-corrected chi connectivity index (χ2v) is 6.85. The predicted octanol–water partition coefficient (Wildman–Crippen LogP) is 2.56. The maximum Gasteiger partial charge on any atom is 0.326 e. The van der Waals surface area contributed by atoms with Crippen molar-refractivity contribution >= 4 is 11.9 Å². The highest BCUT2D eigenvalue weighted by atomic mass is 16.5. The second-order valence-electron chi connectivity index (χ2n) is 6.85. The van der Waals surface area contributed by atoms with Crippen LogP contribution in [0.25, 0.3) is 0 Å². The van der Waals surface area contributed by atoms with E-state index in [2.05, 4.69) is 10.5 Å². The Morgan fingerprint density at radius 3 is 2.67 bits per heavy atom. The molecule has 1 aromatic rings. The zero-order chi connectivity index (χ0) is 15.6. The van der Waals surface area contributed by atoms with Gasteiger partial charge in [0.05, 0.1) is 5.69 Å². The molecule has 2 N–H and O–H groups in total. The molecule has 0 radical (unpaired) electrons. The average Bonchev–Trinajstić information content (AvgIpc) is 3.10. The van der Waals surface area contributed by atoms with E-state index < -0.39 is 17.9 Å². The maximum atomic E-state index is 12.0. The van der Waals surface area contributed by atoms with Gasteiger partial charge in [-0.15, -0.1) is 0 Å². The minimum Gasteiger partial charge on any atom is -0.480 e. The number of hydrogen-bond acceptors (Lipinski definition) is 4. The first-order valence-corrected chi connectivity index (χ1v) is 7.26.